The van der Waals surface area contributed by atoms with Gasteiger partial charge < -0.3 is 9.15 Å². The average molecular weight is 379 g/mol. The first-order valence-corrected chi connectivity index (χ1v) is 7.94. The second-order valence-corrected chi connectivity index (χ2v) is 6.78. The van der Waals surface area contributed by atoms with E-state index in [1.54, 1.807) is 12.1 Å². The summed E-state index contributed by atoms with van der Waals surface area (Å²) in [6.07, 6.45) is 1.42. The van der Waals surface area contributed by atoms with E-state index in [9.17, 15) is 4.79 Å². The van der Waals surface area contributed by atoms with E-state index >= 15 is 0 Å². The van der Waals surface area contributed by atoms with Crippen molar-refractivity contribution in [1.29, 1.82) is 0 Å². The molecule has 0 saturated heterocycles. The molecule has 122 valence electrons. The van der Waals surface area contributed by atoms with Gasteiger partial charge in [0.1, 0.15) is 11.5 Å². The fourth-order valence-electron chi connectivity index (χ4n) is 1.80. The SMILES string of the molecule is CC(C)(C)c1ccc(OCC(=O)NN=Cc2ccc(Br)o2)cc1. The van der Waals surface area contributed by atoms with Gasteiger partial charge in [0.25, 0.3) is 5.91 Å². The molecule has 1 N–H and O–H groups in total. The predicted molar refractivity (Wildman–Crippen MR) is 92.8 cm³/mol. The molecule has 0 aliphatic carbocycles. The number of ether oxygens (including phenoxy) is 1. The third kappa shape index (κ3) is 5.56. The van der Waals surface area contributed by atoms with Crippen molar-refractivity contribution in [1.82, 2.24) is 5.43 Å². The zero-order chi connectivity index (χ0) is 16.9. The normalized spacial score (nSPS) is 11.7. The number of hydrazone groups is 1. The van der Waals surface area contributed by atoms with E-state index in [0.29, 0.717) is 16.2 Å². The van der Waals surface area contributed by atoms with Gasteiger partial charge in [0.05, 0.1) is 6.21 Å². The lowest BCUT2D eigenvalue weighted by atomic mass is 9.87. The Bertz CT molecular complexity index is 685. The fourth-order valence-corrected chi connectivity index (χ4v) is 2.12. The monoisotopic (exact) mass is 378 g/mol. The average Bonchev–Trinajstić information content (AvgIpc) is 2.90. The lowest BCUT2D eigenvalue weighted by molar-refractivity contribution is -0.123. The molecule has 0 bridgehead atoms. The second kappa shape index (κ2) is 7.46. The van der Waals surface area contributed by atoms with Gasteiger partial charge >= 0.3 is 0 Å². The topological polar surface area (TPSA) is 63.8 Å². The van der Waals surface area contributed by atoms with E-state index in [-0.39, 0.29) is 17.9 Å². The van der Waals surface area contributed by atoms with Gasteiger partial charge in [0.15, 0.2) is 11.3 Å². The van der Waals surface area contributed by atoms with Crippen LogP contribution in [0.2, 0.25) is 0 Å². The maximum absolute atomic E-state index is 11.6. The van der Waals surface area contributed by atoms with Gasteiger partial charge in [-0.2, -0.15) is 5.10 Å². The van der Waals surface area contributed by atoms with Crippen LogP contribution in [0, 0.1) is 0 Å². The molecule has 6 heteroatoms. The standard InChI is InChI=1S/C17H19BrN2O3/c1-17(2,3)12-4-6-13(7-5-12)22-11-16(21)20-19-10-14-8-9-15(18)23-14/h4-10H,11H2,1-3H3,(H,20,21). The molecule has 5 nitrogen and oxygen atoms in total. The molecule has 0 aliphatic rings. The van der Waals surface area contributed by atoms with E-state index in [2.05, 4.69) is 47.2 Å². The molecule has 0 fully saturated rings. The Hall–Kier alpha value is -2.08. The van der Waals surface area contributed by atoms with Crippen LogP contribution in [0.1, 0.15) is 32.1 Å². The summed E-state index contributed by atoms with van der Waals surface area (Å²) < 4.78 is 11.2. The molecule has 0 aliphatic heterocycles. The Kier molecular flexibility index (Phi) is 5.60. The third-order valence-electron chi connectivity index (χ3n) is 3.07. The molecular formula is C17H19BrN2O3. The molecule has 2 rings (SSSR count). The quantitative estimate of drug-likeness (QED) is 0.634. The number of carbonyl (C=O) groups is 1. The van der Waals surface area contributed by atoms with Gasteiger partial charge in [0.2, 0.25) is 0 Å². The van der Waals surface area contributed by atoms with E-state index in [4.69, 9.17) is 9.15 Å². The number of amides is 1. The van der Waals surface area contributed by atoms with Crippen LogP contribution in [0.25, 0.3) is 0 Å². The fraction of sp³-hybridized carbons (Fsp3) is 0.294. The Morgan fingerprint density at radius 2 is 1.96 bits per heavy atom. The minimum atomic E-state index is -0.341. The van der Waals surface area contributed by atoms with Crippen LogP contribution in [-0.4, -0.2) is 18.7 Å². The van der Waals surface area contributed by atoms with E-state index in [0.717, 1.165) is 0 Å². The summed E-state index contributed by atoms with van der Waals surface area (Å²) in [6.45, 7) is 6.33. The van der Waals surface area contributed by atoms with Crippen molar-refractivity contribution in [3.63, 3.8) is 0 Å². The highest BCUT2D eigenvalue weighted by Gasteiger charge is 2.13. The van der Waals surface area contributed by atoms with Crippen LogP contribution in [-0.2, 0) is 10.2 Å². The molecule has 0 saturated carbocycles. The minimum absolute atomic E-state index is 0.0888. The first-order chi connectivity index (χ1) is 10.8. The number of nitrogens with zero attached hydrogens (tertiary/aromatic N) is 1. The number of rotatable bonds is 5. The molecule has 1 heterocycles. The van der Waals surface area contributed by atoms with Crippen molar-refractivity contribution in [3.8, 4) is 5.75 Å². The summed E-state index contributed by atoms with van der Waals surface area (Å²) in [4.78, 5) is 11.6. The van der Waals surface area contributed by atoms with Crippen LogP contribution >= 0.6 is 15.9 Å². The third-order valence-corrected chi connectivity index (χ3v) is 3.49. The number of furan rings is 1. The summed E-state index contributed by atoms with van der Waals surface area (Å²) in [7, 11) is 0. The van der Waals surface area contributed by atoms with Crippen molar-refractivity contribution in [3.05, 3.63) is 52.4 Å². The highest BCUT2D eigenvalue weighted by molar-refractivity contribution is 9.10. The summed E-state index contributed by atoms with van der Waals surface area (Å²) >= 11 is 3.19. The molecule has 0 radical (unpaired) electrons. The van der Waals surface area contributed by atoms with Crippen LogP contribution in [0.15, 0.2) is 50.6 Å². The summed E-state index contributed by atoms with van der Waals surface area (Å²) in [5.41, 5.74) is 3.68. The highest BCUT2D eigenvalue weighted by atomic mass is 79.9. The summed E-state index contributed by atoms with van der Waals surface area (Å²) in [6, 6.07) is 11.2. The van der Waals surface area contributed by atoms with Crippen molar-refractivity contribution in [2.24, 2.45) is 5.10 Å². The lowest BCUT2D eigenvalue weighted by Gasteiger charge is -2.19. The molecule has 1 amide bonds. The van der Waals surface area contributed by atoms with Crippen LogP contribution in [0.4, 0.5) is 0 Å². The van der Waals surface area contributed by atoms with Crippen molar-refractivity contribution in [2.45, 2.75) is 26.2 Å². The maximum atomic E-state index is 11.6. The van der Waals surface area contributed by atoms with Crippen LogP contribution < -0.4 is 10.2 Å². The zero-order valence-corrected chi connectivity index (χ0v) is 14.9. The van der Waals surface area contributed by atoms with Crippen molar-refractivity contribution in [2.75, 3.05) is 6.61 Å². The number of hydrogen-bond donors (Lipinski definition) is 1. The van der Waals surface area contributed by atoms with Gasteiger partial charge in [0, 0.05) is 0 Å². The zero-order valence-electron chi connectivity index (χ0n) is 13.3. The smallest absolute Gasteiger partial charge is 0.277 e. The van der Waals surface area contributed by atoms with Gasteiger partial charge in [-0.15, -0.1) is 0 Å². The summed E-state index contributed by atoms with van der Waals surface area (Å²) in [5.74, 6) is 0.842. The van der Waals surface area contributed by atoms with Gasteiger partial charge in [-0.25, -0.2) is 5.43 Å². The molecule has 0 unspecified atom stereocenters. The van der Waals surface area contributed by atoms with Crippen LogP contribution in [0.5, 0.6) is 5.75 Å². The maximum Gasteiger partial charge on any atom is 0.277 e. The van der Waals surface area contributed by atoms with Crippen molar-refractivity contribution >= 4 is 28.1 Å². The number of carbonyl (C=O) groups excluding carboxylic acids is 1. The van der Waals surface area contributed by atoms with Crippen LogP contribution in [0.3, 0.4) is 0 Å². The Labute approximate surface area is 143 Å². The molecule has 2 aromatic rings. The number of hydrogen-bond acceptors (Lipinski definition) is 4. The van der Waals surface area contributed by atoms with Gasteiger partial charge in [-0.05, 0) is 51.2 Å². The van der Waals surface area contributed by atoms with E-state index in [1.165, 1.54) is 11.8 Å². The molecular weight excluding hydrogens is 360 g/mol. The summed E-state index contributed by atoms with van der Waals surface area (Å²) in [5, 5.41) is 3.79. The lowest BCUT2D eigenvalue weighted by Crippen LogP contribution is -2.24. The van der Waals surface area contributed by atoms with Crippen molar-refractivity contribution < 1.29 is 13.9 Å². The minimum Gasteiger partial charge on any atom is -0.484 e. The molecule has 1 aromatic carbocycles. The first-order valence-electron chi connectivity index (χ1n) is 7.15. The molecule has 0 atom stereocenters. The molecule has 23 heavy (non-hydrogen) atoms. The Morgan fingerprint density at radius 1 is 1.26 bits per heavy atom. The number of benzene rings is 1. The predicted octanol–water partition coefficient (Wildman–Crippen LogP) is 3.87. The largest absolute Gasteiger partial charge is 0.484 e. The number of nitrogens with one attached hydrogen (secondary N) is 1. The van der Waals surface area contributed by atoms with E-state index < -0.39 is 0 Å². The first kappa shape index (κ1) is 17.3. The Morgan fingerprint density at radius 3 is 2.52 bits per heavy atom. The second-order valence-electron chi connectivity index (χ2n) is 6.00. The molecule has 0 spiro atoms. The van der Waals surface area contributed by atoms with Gasteiger partial charge in [-0.1, -0.05) is 32.9 Å². The van der Waals surface area contributed by atoms with Gasteiger partial charge in [-0.3, -0.25) is 4.79 Å². The molecule has 1 aromatic heterocycles. The highest BCUT2D eigenvalue weighted by Crippen LogP contribution is 2.24. The van der Waals surface area contributed by atoms with E-state index in [1.807, 2.05) is 24.3 Å². The Balaban J connectivity index is 1.79. The number of halogens is 1.